The van der Waals surface area contributed by atoms with Crippen LogP contribution in [-0.2, 0) is 0 Å². The number of rotatable bonds is 7. The number of anilines is 2. The van der Waals surface area contributed by atoms with E-state index in [2.05, 4.69) is 50.4 Å². The summed E-state index contributed by atoms with van der Waals surface area (Å²) in [6.07, 6.45) is 1.01. The van der Waals surface area contributed by atoms with E-state index in [-0.39, 0.29) is 0 Å². The minimum Gasteiger partial charge on any atom is -0.497 e. The summed E-state index contributed by atoms with van der Waals surface area (Å²) >= 11 is 0. The number of guanidine groups is 1. The zero-order chi connectivity index (χ0) is 18.9. The predicted octanol–water partition coefficient (Wildman–Crippen LogP) is 2.63. The van der Waals surface area contributed by atoms with Crippen LogP contribution < -0.4 is 20.7 Å². The van der Waals surface area contributed by atoms with Crippen LogP contribution in [0.2, 0.25) is 0 Å². The van der Waals surface area contributed by atoms with E-state index in [0.29, 0.717) is 5.96 Å². The fourth-order valence-corrected chi connectivity index (χ4v) is 3.22. The highest BCUT2D eigenvalue weighted by Gasteiger charge is 2.16. The molecule has 144 valence electrons. The molecule has 0 atom stereocenters. The van der Waals surface area contributed by atoms with Crippen molar-refractivity contribution in [3.63, 3.8) is 0 Å². The lowest BCUT2D eigenvalue weighted by Gasteiger charge is -2.36. The first-order chi connectivity index (χ1) is 13.2. The molecule has 3 N–H and O–H groups in total. The van der Waals surface area contributed by atoms with Gasteiger partial charge in [0.1, 0.15) is 5.75 Å². The van der Waals surface area contributed by atoms with Gasteiger partial charge < -0.3 is 20.7 Å². The van der Waals surface area contributed by atoms with Crippen LogP contribution >= 0.6 is 0 Å². The predicted molar refractivity (Wildman–Crippen MR) is 113 cm³/mol. The molecule has 1 fully saturated rings. The smallest absolute Gasteiger partial charge is 0.193 e. The molecule has 2 aromatic rings. The standard InChI is InChI=1S/C21H29N5O/c1-27-20-10-8-18(9-11-20)24-21(22)23-12-5-13-25-14-16-26(17-15-25)19-6-3-2-4-7-19/h2-4,6-11H,5,12-17H2,1H3,(H3,22,23,24). The van der Waals surface area contributed by atoms with Gasteiger partial charge in [-0.15, -0.1) is 0 Å². The van der Waals surface area contributed by atoms with E-state index in [1.807, 2.05) is 24.3 Å². The minimum atomic E-state index is 0.453. The van der Waals surface area contributed by atoms with Crippen LogP contribution in [-0.4, -0.2) is 57.2 Å². The fourth-order valence-electron chi connectivity index (χ4n) is 3.22. The SMILES string of the molecule is COc1ccc(NC(N)=NCCCN2CCN(c3ccccc3)CC2)cc1. The van der Waals surface area contributed by atoms with Crippen LogP contribution in [0.15, 0.2) is 59.6 Å². The molecule has 1 heterocycles. The van der Waals surface area contributed by atoms with E-state index in [9.17, 15) is 0 Å². The monoisotopic (exact) mass is 367 g/mol. The first-order valence-electron chi connectivity index (χ1n) is 9.48. The summed E-state index contributed by atoms with van der Waals surface area (Å²) < 4.78 is 5.15. The Kier molecular flexibility index (Phi) is 6.93. The summed E-state index contributed by atoms with van der Waals surface area (Å²) in [5, 5.41) is 3.11. The largest absolute Gasteiger partial charge is 0.497 e. The van der Waals surface area contributed by atoms with Gasteiger partial charge in [0.2, 0.25) is 0 Å². The summed E-state index contributed by atoms with van der Waals surface area (Å²) in [7, 11) is 1.65. The van der Waals surface area contributed by atoms with Crippen LogP contribution in [0, 0.1) is 0 Å². The van der Waals surface area contributed by atoms with Crippen molar-refractivity contribution in [2.24, 2.45) is 10.7 Å². The van der Waals surface area contributed by atoms with E-state index in [1.165, 1.54) is 5.69 Å². The number of ether oxygens (including phenoxy) is 1. The number of nitrogens with zero attached hydrogens (tertiary/aromatic N) is 3. The van der Waals surface area contributed by atoms with Crippen LogP contribution in [0.1, 0.15) is 6.42 Å². The maximum absolute atomic E-state index is 5.97. The Bertz CT molecular complexity index is 709. The lowest BCUT2D eigenvalue weighted by molar-refractivity contribution is 0.256. The Morgan fingerprint density at radius 3 is 2.41 bits per heavy atom. The van der Waals surface area contributed by atoms with Gasteiger partial charge in [-0.2, -0.15) is 0 Å². The van der Waals surface area contributed by atoms with Gasteiger partial charge in [-0.1, -0.05) is 18.2 Å². The summed E-state index contributed by atoms with van der Waals surface area (Å²) in [5.74, 6) is 1.28. The van der Waals surface area contributed by atoms with Gasteiger partial charge in [-0.25, -0.2) is 0 Å². The molecule has 3 rings (SSSR count). The molecule has 0 unspecified atom stereocenters. The highest BCUT2D eigenvalue weighted by Crippen LogP contribution is 2.16. The zero-order valence-corrected chi connectivity index (χ0v) is 16.0. The molecule has 0 saturated carbocycles. The van der Waals surface area contributed by atoms with E-state index in [4.69, 9.17) is 10.5 Å². The van der Waals surface area contributed by atoms with Crippen molar-refractivity contribution in [1.29, 1.82) is 0 Å². The van der Waals surface area contributed by atoms with Crippen molar-refractivity contribution < 1.29 is 4.74 Å². The fraction of sp³-hybridized carbons (Fsp3) is 0.381. The molecular weight excluding hydrogens is 338 g/mol. The van der Waals surface area contributed by atoms with Crippen molar-refractivity contribution in [3.8, 4) is 5.75 Å². The lowest BCUT2D eigenvalue weighted by atomic mass is 10.2. The molecule has 0 amide bonds. The molecular formula is C21H29N5O. The third kappa shape index (κ3) is 5.89. The van der Waals surface area contributed by atoms with Gasteiger partial charge >= 0.3 is 0 Å². The summed E-state index contributed by atoms with van der Waals surface area (Å²) in [6.45, 7) is 6.13. The second-order valence-electron chi connectivity index (χ2n) is 6.64. The Morgan fingerprint density at radius 1 is 1.04 bits per heavy atom. The summed E-state index contributed by atoms with van der Waals surface area (Å²) in [5.41, 5.74) is 8.20. The van der Waals surface area contributed by atoms with Gasteiger partial charge in [-0.3, -0.25) is 9.89 Å². The topological polar surface area (TPSA) is 66.1 Å². The molecule has 0 aliphatic carbocycles. The molecule has 0 spiro atoms. The molecule has 1 aliphatic rings. The van der Waals surface area contributed by atoms with Crippen molar-refractivity contribution >= 4 is 17.3 Å². The number of hydrogen-bond donors (Lipinski definition) is 2. The van der Waals surface area contributed by atoms with Crippen molar-refractivity contribution in [2.45, 2.75) is 6.42 Å². The molecule has 6 heteroatoms. The second kappa shape index (κ2) is 9.83. The zero-order valence-electron chi connectivity index (χ0n) is 16.0. The van der Waals surface area contributed by atoms with Crippen LogP contribution in [0.25, 0.3) is 0 Å². The summed E-state index contributed by atoms with van der Waals surface area (Å²) in [4.78, 5) is 9.38. The molecule has 0 aromatic heterocycles. The number of nitrogens with one attached hydrogen (secondary N) is 1. The van der Waals surface area contributed by atoms with E-state index in [0.717, 1.165) is 57.1 Å². The lowest BCUT2D eigenvalue weighted by Crippen LogP contribution is -2.46. The quantitative estimate of drug-likeness (QED) is 0.447. The average Bonchev–Trinajstić information content (AvgIpc) is 2.73. The molecule has 0 radical (unpaired) electrons. The van der Waals surface area contributed by atoms with E-state index < -0.39 is 0 Å². The Labute approximate surface area is 161 Å². The van der Waals surface area contributed by atoms with Crippen molar-refractivity contribution in [2.75, 3.05) is 56.6 Å². The van der Waals surface area contributed by atoms with Gasteiger partial charge in [0.25, 0.3) is 0 Å². The Balaban J connectivity index is 1.34. The van der Waals surface area contributed by atoms with Gasteiger partial charge in [0.05, 0.1) is 7.11 Å². The third-order valence-electron chi connectivity index (χ3n) is 4.77. The second-order valence-corrected chi connectivity index (χ2v) is 6.64. The maximum Gasteiger partial charge on any atom is 0.193 e. The number of aliphatic imine (C=N–C) groups is 1. The van der Waals surface area contributed by atoms with Crippen LogP contribution in [0.3, 0.4) is 0 Å². The highest BCUT2D eigenvalue weighted by atomic mass is 16.5. The van der Waals surface area contributed by atoms with Gasteiger partial charge in [0.15, 0.2) is 5.96 Å². The highest BCUT2D eigenvalue weighted by molar-refractivity contribution is 5.92. The van der Waals surface area contributed by atoms with E-state index in [1.54, 1.807) is 7.11 Å². The van der Waals surface area contributed by atoms with Gasteiger partial charge in [-0.05, 0) is 42.8 Å². The first-order valence-corrected chi connectivity index (χ1v) is 9.48. The minimum absolute atomic E-state index is 0.453. The van der Waals surface area contributed by atoms with Gasteiger partial charge in [0, 0.05) is 50.6 Å². The molecule has 0 bridgehead atoms. The normalized spacial score (nSPS) is 15.6. The molecule has 2 aromatic carbocycles. The van der Waals surface area contributed by atoms with Crippen molar-refractivity contribution in [1.82, 2.24) is 4.90 Å². The molecule has 1 aliphatic heterocycles. The number of para-hydroxylation sites is 1. The number of benzene rings is 2. The number of piperazine rings is 1. The molecule has 1 saturated heterocycles. The van der Waals surface area contributed by atoms with E-state index >= 15 is 0 Å². The third-order valence-corrected chi connectivity index (χ3v) is 4.77. The maximum atomic E-state index is 5.97. The summed E-state index contributed by atoms with van der Waals surface area (Å²) in [6, 6.07) is 18.3. The average molecular weight is 367 g/mol. The van der Waals surface area contributed by atoms with Crippen LogP contribution in [0.5, 0.6) is 5.75 Å². The van der Waals surface area contributed by atoms with Crippen molar-refractivity contribution in [3.05, 3.63) is 54.6 Å². The Hall–Kier alpha value is -2.73. The Morgan fingerprint density at radius 2 is 1.74 bits per heavy atom. The first kappa shape index (κ1) is 19.0. The van der Waals surface area contributed by atoms with Crippen LogP contribution in [0.4, 0.5) is 11.4 Å². The number of hydrogen-bond acceptors (Lipinski definition) is 4. The number of methoxy groups -OCH3 is 1. The molecule has 6 nitrogen and oxygen atoms in total. The number of nitrogens with two attached hydrogens (primary N) is 1. The molecule has 27 heavy (non-hydrogen) atoms.